The molecule has 1 amide bonds. The number of hydrogen-bond acceptors (Lipinski definition) is 4. The number of nitriles is 1. The number of likely N-dealkylation sites (tertiary alicyclic amines) is 1. The Hall–Kier alpha value is -2.13. The number of methoxy groups -OCH3 is 1. The van der Waals surface area contributed by atoms with Gasteiger partial charge in [0, 0.05) is 25.7 Å². The molecule has 1 aromatic rings. The van der Waals surface area contributed by atoms with Crippen LogP contribution in [0.25, 0.3) is 0 Å². The highest BCUT2D eigenvalue weighted by atomic mass is 19.1. The van der Waals surface area contributed by atoms with Crippen LogP contribution in [0.15, 0.2) is 18.2 Å². The molecule has 1 aromatic carbocycles. The van der Waals surface area contributed by atoms with Gasteiger partial charge in [-0.2, -0.15) is 5.26 Å². The second kappa shape index (κ2) is 6.35. The average Bonchev–Trinajstić information content (AvgIpc) is 2.85. The third-order valence-electron chi connectivity index (χ3n) is 3.27. The second-order valence-electron chi connectivity index (χ2n) is 4.82. The van der Waals surface area contributed by atoms with Crippen LogP contribution in [-0.4, -0.2) is 37.2 Å². The van der Waals surface area contributed by atoms with Crippen molar-refractivity contribution in [2.24, 2.45) is 0 Å². The van der Waals surface area contributed by atoms with Crippen LogP contribution in [0.5, 0.6) is 0 Å². The first-order valence-corrected chi connectivity index (χ1v) is 6.37. The van der Waals surface area contributed by atoms with E-state index in [-0.39, 0.29) is 6.04 Å². The summed E-state index contributed by atoms with van der Waals surface area (Å²) in [5.74, 6) is -0.400. The number of carbonyl (C=O) groups is 1. The largest absolute Gasteiger partial charge is 0.453 e. The first-order chi connectivity index (χ1) is 9.60. The van der Waals surface area contributed by atoms with E-state index >= 15 is 0 Å². The molecule has 20 heavy (non-hydrogen) atoms. The number of ether oxygens (including phenoxy) is 1. The highest BCUT2D eigenvalue weighted by molar-refractivity contribution is 5.67. The number of nitrogens with one attached hydrogen (secondary N) is 1. The highest BCUT2D eigenvalue weighted by Gasteiger charge is 2.24. The maximum atomic E-state index is 13.3. The van der Waals surface area contributed by atoms with Crippen LogP contribution in [0, 0.1) is 17.1 Å². The van der Waals surface area contributed by atoms with Crippen molar-refractivity contribution in [1.29, 1.82) is 5.26 Å². The molecule has 1 fully saturated rings. The lowest BCUT2D eigenvalue weighted by molar-refractivity contribution is 0.166. The third-order valence-corrected chi connectivity index (χ3v) is 3.27. The van der Waals surface area contributed by atoms with Gasteiger partial charge in [0.25, 0.3) is 0 Å². The van der Waals surface area contributed by atoms with Gasteiger partial charge < -0.3 is 10.1 Å². The Bertz CT molecular complexity index is 542. The lowest BCUT2D eigenvalue weighted by Gasteiger charge is -2.16. The number of carbonyl (C=O) groups excluding carboxylic acids is 1. The van der Waals surface area contributed by atoms with Gasteiger partial charge in [0.1, 0.15) is 5.82 Å². The van der Waals surface area contributed by atoms with Gasteiger partial charge in [-0.3, -0.25) is 4.90 Å². The summed E-state index contributed by atoms with van der Waals surface area (Å²) in [7, 11) is 1.33. The molecule has 1 aliphatic heterocycles. The van der Waals surface area contributed by atoms with Crippen molar-refractivity contribution in [1.82, 2.24) is 10.2 Å². The van der Waals surface area contributed by atoms with E-state index in [2.05, 4.69) is 15.0 Å². The molecule has 1 saturated heterocycles. The van der Waals surface area contributed by atoms with Gasteiger partial charge in [-0.1, -0.05) is 0 Å². The summed E-state index contributed by atoms with van der Waals surface area (Å²) >= 11 is 0. The fourth-order valence-electron chi connectivity index (χ4n) is 2.38. The van der Waals surface area contributed by atoms with Crippen molar-refractivity contribution in [3.63, 3.8) is 0 Å². The predicted molar refractivity (Wildman–Crippen MR) is 70.3 cm³/mol. The third kappa shape index (κ3) is 3.68. The summed E-state index contributed by atoms with van der Waals surface area (Å²) in [4.78, 5) is 13.2. The highest BCUT2D eigenvalue weighted by Crippen LogP contribution is 2.16. The van der Waals surface area contributed by atoms with Crippen molar-refractivity contribution in [2.75, 3.05) is 20.2 Å². The van der Waals surface area contributed by atoms with E-state index in [1.807, 2.05) is 6.07 Å². The van der Waals surface area contributed by atoms with Crippen molar-refractivity contribution < 1.29 is 13.9 Å². The molecule has 0 aromatic heterocycles. The van der Waals surface area contributed by atoms with E-state index < -0.39 is 11.9 Å². The Balaban J connectivity index is 1.94. The van der Waals surface area contributed by atoms with Crippen LogP contribution in [0.1, 0.15) is 17.5 Å². The molecule has 1 N–H and O–H groups in total. The number of benzene rings is 1. The number of alkyl carbamates (subject to hydrolysis) is 1. The minimum Gasteiger partial charge on any atom is -0.453 e. The van der Waals surface area contributed by atoms with Crippen molar-refractivity contribution in [3.8, 4) is 6.07 Å². The number of nitrogens with zero attached hydrogens (tertiary/aromatic N) is 2. The number of hydrogen-bond donors (Lipinski definition) is 1. The lowest BCUT2D eigenvalue weighted by atomic mass is 10.1. The number of rotatable bonds is 3. The van der Waals surface area contributed by atoms with Crippen LogP contribution in [-0.2, 0) is 11.3 Å². The molecule has 1 atom stereocenters. The molecule has 0 saturated carbocycles. The van der Waals surface area contributed by atoms with Crippen LogP contribution in [0.3, 0.4) is 0 Å². The minimum absolute atomic E-state index is 0.0476. The van der Waals surface area contributed by atoms with Gasteiger partial charge in [0.15, 0.2) is 0 Å². The molecule has 1 unspecified atom stereocenters. The Kier molecular flexibility index (Phi) is 4.53. The summed E-state index contributed by atoms with van der Waals surface area (Å²) in [5, 5.41) is 11.6. The van der Waals surface area contributed by atoms with E-state index in [1.165, 1.54) is 19.2 Å². The molecule has 0 spiro atoms. The zero-order chi connectivity index (χ0) is 14.5. The number of halogens is 1. The molecule has 6 heteroatoms. The summed E-state index contributed by atoms with van der Waals surface area (Å²) in [6.07, 6.45) is 0.393. The van der Waals surface area contributed by atoms with Gasteiger partial charge in [-0.05, 0) is 30.2 Å². The monoisotopic (exact) mass is 277 g/mol. The Morgan fingerprint density at radius 3 is 3.10 bits per heavy atom. The summed E-state index contributed by atoms with van der Waals surface area (Å²) in [5.41, 5.74) is 1.09. The van der Waals surface area contributed by atoms with Gasteiger partial charge in [-0.25, -0.2) is 9.18 Å². The molecule has 1 aliphatic rings. The topological polar surface area (TPSA) is 65.4 Å². The molecule has 1 heterocycles. The van der Waals surface area contributed by atoms with E-state index in [9.17, 15) is 9.18 Å². The van der Waals surface area contributed by atoms with Crippen LogP contribution >= 0.6 is 0 Å². The molecule has 2 rings (SSSR count). The summed E-state index contributed by atoms with van der Waals surface area (Å²) in [6, 6.07) is 6.33. The van der Waals surface area contributed by atoms with Crippen molar-refractivity contribution in [2.45, 2.75) is 19.0 Å². The average molecular weight is 277 g/mol. The summed E-state index contributed by atoms with van der Waals surface area (Å²) in [6.45, 7) is 2.06. The standard InChI is InChI=1S/C14H16FN3O2/c1-20-14(19)17-13-2-3-18(9-13)8-11-4-10(7-16)5-12(15)6-11/h4-6,13H,2-3,8-9H2,1H3,(H,17,19). The zero-order valence-electron chi connectivity index (χ0n) is 11.2. The minimum atomic E-state index is -0.436. The SMILES string of the molecule is COC(=O)NC1CCN(Cc2cc(F)cc(C#N)c2)C1. The van der Waals surface area contributed by atoms with E-state index in [0.29, 0.717) is 18.7 Å². The smallest absolute Gasteiger partial charge is 0.407 e. The Morgan fingerprint density at radius 2 is 2.40 bits per heavy atom. The van der Waals surface area contributed by atoms with E-state index in [1.54, 1.807) is 6.07 Å². The van der Waals surface area contributed by atoms with Crippen LogP contribution < -0.4 is 5.32 Å². The van der Waals surface area contributed by atoms with Crippen LogP contribution in [0.4, 0.5) is 9.18 Å². The lowest BCUT2D eigenvalue weighted by Crippen LogP contribution is -2.36. The maximum absolute atomic E-state index is 13.3. The summed E-state index contributed by atoms with van der Waals surface area (Å²) < 4.78 is 17.9. The predicted octanol–water partition coefficient (Wildman–Crippen LogP) is 1.63. The van der Waals surface area contributed by atoms with Gasteiger partial charge in [0.05, 0.1) is 18.7 Å². The van der Waals surface area contributed by atoms with Gasteiger partial charge in [-0.15, -0.1) is 0 Å². The van der Waals surface area contributed by atoms with Crippen molar-refractivity contribution in [3.05, 3.63) is 35.1 Å². The van der Waals surface area contributed by atoms with Crippen molar-refractivity contribution >= 4 is 6.09 Å². The first kappa shape index (κ1) is 14.3. The Morgan fingerprint density at radius 1 is 1.60 bits per heavy atom. The zero-order valence-corrected chi connectivity index (χ0v) is 11.2. The number of amides is 1. The first-order valence-electron chi connectivity index (χ1n) is 6.37. The molecular formula is C14H16FN3O2. The quantitative estimate of drug-likeness (QED) is 0.912. The molecular weight excluding hydrogens is 261 g/mol. The fourth-order valence-corrected chi connectivity index (χ4v) is 2.38. The molecule has 0 bridgehead atoms. The maximum Gasteiger partial charge on any atom is 0.407 e. The Labute approximate surface area is 116 Å². The van der Waals surface area contributed by atoms with E-state index in [4.69, 9.17) is 5.26 Å². The van der Waals surface area contributed by atoms with Gasteiger partial charge >= 0.3 is 6.09 Å². The van der Waals surface area contributed by atoms with E-state index in [0.717, 1.165) is 18.5 Å². The molecule has 0 aliphatic carbocycles. The fraction of sp³-hybridized carbons (Fsp3) is 0.429. The second-order valence-corrected chi connectivity index (χ2v) is 4.82. The normalized spacial score (nSPS) is 18.6. The van der Waals surface area contributed by atoms with Crippen LogP contribution in [0.2, 0.25) is 0 Å². The van der Waals surface area contributed by atoms with Gasteiger partial charge in [0.2, 0.25) is 0 Å². The molecule has 5 nitrogen and oxygen atoms in total. The molecule has 0 radical (unpaired) electrons. The molecule has 106 valence electrons.